The Morgan fingerprint density at radius 1 is 0.811 bits per heavy atom. The van der Waals surface area contributed by atoms with Crippen LogP contribution in [0.2, 0.25) is 0 Å². The van der Waals surface area contributed by atoms with E-state index in [9.17, 15) is 23.1 Å². The number of carbonyl (C=O) groups excluding carboxylic acids is 2. The van der Waals surface area contributed by atoms with Crippen LogP contribution in [-0.4, -0.2) is 54.0 Å². The van der Waals surface area contributed by atoms with Crippen LogP contribution in [0, 0.1) is 13.8 Å². The highest BCUT2D eigenvalue weighted by molar-refractivity contribution is 7.89. The molecule has 0 fully saturated rings. The predicted molar refractivity (Wildman–Crippen MR) is 206 cm³/mol. The molecule has 5 rings (SSSR count). The van der Waals surface area contributed by atoms with E-state index in [4.69, 9.17) is 0 Å². The highest BCUT2D eigenvalue weighted by atomic mass is 32.2. The van der Waals surface area contributed by atoms with Gasteiger partial charge in [0.2, 0.25) is 15.9 Å². The number of aliphatic hydroxyl groups excluding tert-OH is 1. The predicted octanol–water partition coefficient (Wildman–Crippen LogP) is 4.83. The average molecular weight is 737 g/mol. The highest BCUT2D eigenvalue weighted by Gasteiger charge is 2.15. The van der Waals surface area contributed by atoms with Crippen molar-refractivity contribution < 1.29 is 23.1 Å². The number of aryl methyl sites for hydroxylation is 2. The lowest BCUT2D eigenvalue weighted by Gasteiger charge is -2.18. The van der Waals surface area contributed by atoms with Gasteiger partial charge in [0.1, 0.15) is 5.82 Å². The third-order valence-corrected chi connectivity index (χ3v) is 10.5. The molecule has 5 N–H and O–H groups in total. The molecule has 11 nitrogen and oxygen atoms in total. The maximum absolute atomic E-state index is 12.8. The van der Waals surface area contributed by atoms with E-state index in [1.54, 1.807) is 49.5 Å². The number of hydrogen-bond acceptors (Lipinski definition) is 7. The van der Waals surface area contributed by atoms with Crippen molar-refractivity contribution in [3.8, 4) is 5.82 Å². The van der Waals surface area contributed by atoms with Crippen molar-refractivity contribution in [1.29, 1.82) is 0 Å². The molecule has 2 aromatic heterocycles. The Morgan fingerprint density at radius 2 is 1.49 bits per heavy atom. The van der Waals surface area contributed by atoms with Crippen molar-refractivity contribution in [1.82, 2.24) is 30.2 Å². The van der Waals surface area contributed by atoms with E-state index in [1.165, 1.54) is 12.1 Å². The van der Waals surface area contributed by atoms with Gasteiger partial charge in [0.15, 0.2) is 0 Å². The summed E-state index contributed by atoms with van der Waals surface area (Å²) in [4.78, 5) is 30.3. The lowest BCUT2D eigenvalue weighted by atomic mass is 10.0. The first-order valence-corrected chi connectivity index (χ1v) is 19.2. The molecule has 3 aromatic carbocycles. The molecule has 2 amide bonds. The monoisotopic (exact) mass is 736 g/mol. The third-order valence-electron chi connectivity index (χ3n) is 8.92. The number of rotatable bonds is 17. The van der Waals surface area contributed by atoms with Crippen LogP contribution in [0.15, 0.2) is 108 Å². The summed E-state index contributed by atoms with van der Waals surface area (Å²) in [5.41, 5.74) is 6.93. The van der Waals surface area contributed by atoms with Crippen LogP contribution >= 0.6 is 0 Å². The standard InChI is InChI=1S/C41H48N6O5S/c1-5-46-53(51,52)37-11-7-10-34(22-37)25-45-41(50)35-16-14-31(15-17-35)24-44-40(49)23-33-9-6-8-32(21-33)20-28(2)42-27-38(48)36-18-19-39(43-26-36)47-29(3)12-13-30(47)4/h6-19,21-22,26,28,38,42,46,48H,5,20,23-25,27H2,1-4H3,(H,44,49)(H,45,50)/t28-,38+/m1/s1. The number of aliphatic hydroxyl groups is 1. The van der Waals surface area contributed by atoms with Gasteiger partial charge < -0.3 is 25.6 Å². The van der Waals surface area contributed by atoms with Gasteiger partial charge in [0, 0.05) is 60.9 Å². The van der Waals surface area contributed by atoms with Crippen molar-refractivity contribution in [2.45, 2.75) is 70.7 Å². The Labute approximate surface area is 311 Å². The number of benzene rings is 3. The maximum Gasteiger partial charge on any atom is 0.251 e. The fourth-order valence-corrected chi connectivity index (χ4v) is 7.19. The number of nitrogens with zero attached hydrogens (tertiary/aromatic N) is 2. The second kappa shape index (κ2) is 18.1. The number of pyridine rings is 1. The smallest absolute Gasteiger partial charge is 0.251 e. The van der Waals surface area contributed by atoms with E-state index in [0.29, 0.717) is 24.2 Å². The normalized spacial score (nSPS) is 12.6. The SMILES string of the molecule is CCNS(=O)(=O)c1cccc(CNC(=O)c2ccc(CNC(=O)Cc3cccc(C[C@@H](C)NC[C@H](O)c4ccc(-n5c(C)ccc5C)nc4)c3)cc2)c1. The zero-order valence-electron chi connectivity index (χ0n) is 30.6. The van der Waals surface area contributed by atoms with E-state index >= 15 is 0 Å². The summed E-state index contributed by atoms with van der Waals surface area (Å²) >= 11 is 0. The number of hydrogen-bond donors (Lipinski definition) is 5. The Bertz CT molecular complexity index is 2090. The van der Waals surface area contributed by atoms with Gasteiger partial charge >= 0.3 is 0 Å². The molecule has 53 heavy (non-hydrogen) atoms. The Morgan fingerprint density at radius 3 is 2.19 bits per heavy atom. The molecule has 12 heteroatoms. The Hall–Kier alpha value is -5.14. The number of carbonyl (C=O) groups is 2. The fraction of sp³-hybridized carbons (Fsp3) is 0.293. The third kappa shape index (κ3) is 10.9. The highest BCUT2D eigenvalue weighted by Crippen LogP contribution is 2.18. The molecule has 278 valence electrons. The molecule has 0 saturated carbocycles. The summed E-state index contributed by atoms with van der Waals surface area (Å²) in [6.07, 6.45) is 2.00. The molecular weight excluding hydrogens is 689 g/mol. The van der Waals surface area contributed by atoms with Crippen LogP contribution < -0.4 is 20.7 Å². The largest absolute Gasteiger partial charge is 0.387 e. The minimum atomic E-state index is -3.59. The van der Waals surface area contributed by atoms with Crippen LogP contribution in [0.3, 0.4) is 0 Å². The minimum Gasteiger partial charge on any atom is -0.387 e. The summed E-state index contributed by atoms with van der Waals surface area (Å²) in [5.74, 6) is 0.423. The first-order chi connectivity index (χ1) is 25.4. The lowest BCUT2D eigenvalue weighted by Crippen LogP contribution is -2.32. The molecule has 0 aliphatic rings. The average Bonchev–Trinajstić information content (AvgIpc) is 3.49. The van der Waals surface area contributed by atoms with Gasteiger partial charge in [-0.1, -0.05) is 61.5 Å². The van der Waals surface area contributed by atoms with Gasteiger partial charge in [-0.05, 0) is 91.9 Å². The zero-order chi connectivity index (χ0) is 38.0. The van der Waals surface area contributed by atoms with Crippen molar-refractivity contribution in [3.05, 3.63) is 148 Å². The van der Waals surface area contributed by atoms with Crippen LogP contribution in [0.25, 0.3) is 5.82 Å². The van der Waals surface area contributed by atoms with E-state index < -0.39 is 16.1 Å². The summed E-state index contributed by atoms with van der Waals surface area (Å²) in [5, 5.41) is 20.0. The molecule has 2 heterocycles. The first kappa shape index (κ1) is 39.1. The zero-order valence-corrected chi connectivity index (χ0v) is 31.4. The van der Waals surface area contributed by atoms with E-state index in [0.717, 1.165) is 45.9 Å². The van der Waals surface area contributed by atoms with Gasteiger partial charge in [-0.2, -0.15) is 0 Å². The van der Waals surface area contributed by atoms with Gasteiger partial charge in [0.25, 0.3) is 5.91 Å². The molecule has 2 atom stereocenters. The topological polar surface area (TPSA) is 154 Å². The summed E-state index contributed by atoms with van der Waals surface area (Å²) in [6, 6.07) is 29.4. The number of nitrogens with one attached hydrogen (secondary N) is 4. The number of amides is 2. The van der Waals surface area contributed by atoms with Gasteiger partial charge in [-0.25, -0.2) is 18.1 Å². The quantitative estimate of drug-likeness (QED) is 0.0917. The number of sulfonamides is 1. The number of aromatic nitrogens is 2. The molecular formula is C41H48N6O5S. The van der Waals surface area contributed by atoms with E-state index in [-0.39, 0.29) is 42.3 Å². The lowest BCUT2D eigenvalue weighted by molar-refractivity contribution is -0.120. The second-order valence-electron chi connectivity index (χ2n) is 13.2. The van der Waals surface area contributed by atoms with Crippen LogP contribution in [0.1, 0.15) is 69.5 Å². The van der Waals surface area contributed by atoms with Crippen molar-refractivity contribution in [2.75, 3.05) is 13.1 Å². The molecule has 5 aromatic rings. The van der Waals surface area contributed by atoms with Crippen LogP contribution in [-0.2, 0) is 40.7 Å². The second-order valence-corrected chi connectivity index (χ2v) is 15.0. The van der Waals surface area contributed by atoms with Crippen molar-refractivity contribution in [3.63, 3.8) is 0 Å². The Kier molecular flexibility index (Phi) is 13.3. The molecule has 0 saturated heterocycles. The van der Waals surface area contributed by atoms with Crippen molar-refractivity contribution in [2.24, 2.45) is 0 Å². The van der Waals surface area contributed by atoms with Crippen LogP contribution in [0.5, 0.6) is 0 Å². The Balaban J connectivity index is 1.04. The molecule has 0 bridgehead atoms. The van der Waals surface area contributed by atoms with Crippen molar-refractivity contribution >= 4 is 21.8 Å². The van der Waals surface area contributed by atoms with Crippen LogP contribution in [0.4, 0.5) is 0 Å². The molecule has 0 radical (unpaired) electrons. The summed E-state index contributed by atoms with van der Waals surface area (Å²) < 4.78 is 29.1. The fourth-order valence-electron chi connectivity index (χ4n) is 6.08. The molecule has 0 aliphatic carbocycles. The minimum absolute atomic E-state index is 0.0919. The molecule has 0 spiro atoms. The summed E-state index contributed by atoms with van der Waals surface area (Å²) in [6.45, 7) is 9.03. The summed E-state index contributed by atoms with van der Waals surface area (Å²) in [7, 11) is -3.59. The van der Waals surface area contributed by atoms with E-state index in [2.05, 4.69) is 49.3 Å². The first-order valence-electron chi connectivity index (χ1n) is 17.7. The van der Waals surface area contributed by atoms with Gasteiger partial charge in [0.05, 0.1) is 17.4 Å². The van der Waals surface area contributed by atoms with E-state index in [1.807, 2.05) is 50.2 Å². The maximum atomic E-state index is 12.8. The van der Waals surface area contributed by atoms with Gasteiger partial charge in [-0.15, -0.1) is 0 Å². The van der Waals surface area contributed by atoms with Gasteiger partial charge in [-0.3, -0.25) is 9.59 Å². The molecule has 0 unspecified atom stereocenters. The molecule has 0 aliphatic heterocycles.